The Kier molecular flexibility index (Phi) is 14.3. The van der Waals surface area contributed by atoms with Crippen LogP contribution in [0.5, 0.6) is 5.75 Å². The number of amides is 4. The maximum absolute atomic E-state index is 12.7. The van der Waals surface area contributed by atoms with Crippen molar-refractivity contribution in [2.75, 3.05) is 16.0 Å². The van der Waals surface area contributed by atoms with E-state index in [1.165, 1.54) is 26.8 Å². The van der Waals surface area contributed by atoms with Gasteiger partial charge in [-0.15, -0.1) is 24.8 Å². The lowest BCUT2D eigenvalue weighted by molar-refractivity contribution is -0.117. The Morgan fingerprint density at radius 2 is 1.61 bits per heavy atom. The molecule has 4 amide bonds. The molecule has 4 N–H and O–H groups in total. The summed E-state index contributed by atoms with van der Waals surface area (Å²) in [5.41, 5.74) is 5.29. The lowest BCUT2D eigenvalue weighted by atomic mass is 10.1. The van der Waals surface area contributed by atoms with Crippen LogP contribution in [0.2, 0.25) is 0 Å². The molecule has 0 aliphatic rings. The largest absolute Gasteiger partial charge is 0.486 e. The molecule has 3 heterocycles. The molecule has 0 radical (unpaired) electrons. The molecule has 5 rings (SSSR count). The van der Waals surface area contributed by atoms with E-state index >= 15 is 0 Å². The highest BCUT2D eigenvalue weighted by atomic mass is 35.5. The molecule has 0 aliphatic carbocycles. The minimum absolute atomic E-state index is 0. The summed E-state index contributed by atoms with van der Waals surface area (Å²) < 4.78 is 8.18. The van der Waals surface area contributed by atoms with Gasteiger partial charge in [0.25, 0.3) is 0 Å². The van der Waals surface area contributed by atoms with E-state index in [4.69, 9.17) is 4.74 Å². The minimum Gasteiger partial charge on any atom is -0.486 e. The van der Waals surface area contributed by atoms with Crippen LogP contribution in [0.4, 0.5) is 17.2 Å². The van der Waals surface area contributed by atoms with Gasteiger partial charge in [-0.2, -0.15) is 0 Å². The van der Waals surface area contributed by atoms with Crippen molar-refractivity contribution in [3.8, 4) is 11.4 Å². The first-order chi connectivity index (χ1) is 23.6. The number of anilines is 3. The summed E-state index contributed by atoms with van der Waals surface area (Å²) in [6.07, 6.45) is 7.15. The van der Waals surface area contributed by atoms with Gasteiger partial charge in [-0.05, 0) is 67.4 Å². The summed E-state index contributed by atoms with van der Waals surface area (Å²) in [6, 6.07) is 20.4. The predicted molar refractivity (Wildman–Crippen MR) is 203 cm³/mol. The number of aryl methyl sites for hydroxylation is 1. The average molecular weight is 733 g/mol. The maximum atomic E-state index is 12.7. The van der Waals surface area contributed by atoms with Gasteiger partial charge in [0, 0.05) is 61.2 Å². The SMILES string of the molecule is CC(=O)Nc1ccc(C/C=C/C(=O)NCc2cccn2-c2ccc(NC(C)=O)c(COc3cccc4ccc(C)nc34)c2NC(C)=O)cn1.Cl.Cl. The van der Waals surface area contributed by atoms with Crippen LogP contribution >= 0.6 is 24.8 Å². The van der Waals surface area contributed by atoms with Crippen molar-refractivity contribution in [1.29, 1.82) is 0 Å². The van der Waals surface area contributed by atoms with Crippen molar-refractivity contribution in [3.05, 3.63) is 114 Å². The molecule has 14 heteroatoms. The molecule has 0 saturated heterocycles. The zero-order valence-corrected chi connectivity index (χ0v) is 30.1. The Morgan fingerprint density at radius 3 is 2.31 bits per heavy atom. The van der Waals surface area contributed by atoms with Gasteiger partial charge in [-0.25, -0.2) is 9.97 Å². The smallest absolute Gasteiger partial charge is 0.243 e. The van der Waals surface area contributed by atoms with Crippen LogP contribution in [-0.4, -0.2) is 38.2 Å². The third-order valence-corrected chi connectivity index (χ3v) is 7.39. The van der Waals surface area contributed by atoms with Crippen LogP contribution in [0.25, 0.3) is 16.6 Å². The van der Waals surface area contributed by atoms with Crippen LogP contribution in [0.1, 0.15) is 43.3 Å². The number of aromatic nitrogens is 3. The van der Waals surface area contributed by atoms with Gasteiger partial charge in [0.05, 0.1) is 17.9 Å². The average Bonchev–Trinajstić information content (AvgIpc) is 3.52. The number of ether oxygens (including phenoxy) is 1. The lowest BCUT2D eigenvalue weighted by Crippen LogP contribution is -2.22. The fourth-order valence-corrected chi connectivity index (χ4v) is 5.23. The number of hydrogen-bond donors (Lipinski definition) is 4. The second kappa shape index (κ2) is 18.3. The maximum Gasteiger partial charge on any atom is 0.243 e. The van der Waals surface area contributed by atoms with Gasteiger partial charge in [-0.3, -0.25) is 19.2 Å². The second-order valence-electron chi connectivity index (χ2n) is 11.3. The summed E-state index contributed by atoms with van der Waals surface area (Å²) in [6.45, 7) is 6.36. The van der Waals surface area contributed by atoms with E-state index in [1.807, 2.05) is 66.2 Å². The summed E-state index contributed by atoms with van der Waals surface area (Å²) >= 11 is 0. The van der Waals surface area contributed by atoms with E-state index < -0.39 is 0 Å². The number of nitrogens with zero attached hydrogens (tertiary/aromatic N) is 3. The van der Waals surface area contributed by atoms with Gasteiger partial charge >= 0.3 is 0 Å². The molecule has 0 aliphatic heterocycles. The summed E-state index contributed by atoms with van der Waals surface area (Å²) in [5.74, 6) is -0.0471. The third kappa shape index (κ3) is 10.6. The Morgan fingerprint density at radius 1 is 0.843 bits per heavy atom. The van der Waals surface area contributed by atoms with Crippen molar-refractivity contribution in [3.63, 3.8) is 0 Å². The second-order valence-corrected chi connectivity index (χ2v) is 11.3. The summed E-state index contributed by atoms with van der Waals surface area (Å²) in [5, 5.41) is 12.2. The first-order valence-corrected chi connectivity index (χ1v) is 15.6. The Hall–Kier alpha value is -5.72. The molecule has 266 valence electrons. The Labute approximate surface area is 307 Å². The molecule has 12 nitrogen and oxygen atoms in total. The zero-order chi connectivity index (χ0) is 34.9. The quantitative estimate of drug-likeness (QED) is 0.108. The molecule has 51 heavy (non-hydrogen) atoms. The number of carbonyl (C=O) groups is 4. The van der Waals surface area contributed by atoms with Crippen LogP contribution in [0.3, 0.4) is 0 Å². The Bertz CT molecular complexity index is 2060. The van der Waals surface area contributed by atoms with Crippen LogP contribution in [0.15, 0.2) is 91.3 Å². The van der Waals surface area contributed by atoms with Crippen molar-refractivity contribution in [1.82, 2.24) is 19.9 Å². The van der Waals surface area contributed by atoms with Crippen molar-refractivity contribution in [2.45, 2.75) is 47.3 Å². The molecular formula is C37H39Cl2N7O5. The van der Waals surface area contributed by atoms with Gasteiger partial charge in [0.2, 0.25) is 23.6 Å². The molecule has 0 fully saturated rings. The van der Waals surface area contributed by atoms with Gasteiger partial charge < -0.3 is 30.6 Å². The number of halogens is 2. The van der Waals surface area contributed by atoms with E-state index in [0.717, 1.165) is 22.3 Å². The van der Waals surface area contributed by atoms with Gasteiger partial charge in [0.1, 0.15) is 23.7 Å². The fraction of sp³-hybridized carbons (Fsp3) is 0.189. The minimum atomic E-state index is -0.308. The molecular weight excluding hydrogens is 693 g/mol. The van der Waals surface area contributed by atoms with Crippen LogP contribution in [-0.2, 0) is 38.8 Å². The summed E-state index contributed by atoms with van der Waals surface area (Å²) in [7, 11) is 0. The standard InChI is InChI=1S/C37H37N7O5.2ClH/c1-23-13-15-28-9-6-11-33(36(28)40-23)49-22-30-31(41-24(2)45)16-17-32(37(30)43-26(4)47)44-19-7-10-29(44)21-39-35(48)12-5-8-27-14-18-34(38-20-27)42-25(3)46;;/h5-7,9-20H,8,21-22H2,1-4H3,(H,39,48)(H,41,45)(H,43,47)(H,38,42,46);2*1H/b12-5+;;. The highest BCUT2D eigenvalue weighted by molar-refractivity contribution is 5.97. The lowest BCUT2D eigenvalue weighted by Gasteiger charge is -2.21. The normalized spacial score (nSPS) is 10.5. The number of benzene rings is 2. The third-order valence-electron chi connectivity index (χ3n) is 7.39. The van der Waals surface area contributed by atoms with Gasteiger partial charge in [0.15, 0.2) is 0 Å². The number of fused-ring (bicyclic) bond motifs is 1. The molecule has 5 aromatic rings. The number of pyridine rings is 2. The number of rotatable bonds is 12. The fourth-order valence-electron chi connectivity index (χ4n) is 5.23. The molecule has 0 saturated carbocycles. The Balaban J connectivity index is 0.00000351. The first-order valence-electron chi connectivity index (χ1n) is 15.6. The highest BCUT2D eigenvalue weighted by Gasteiger charge is 2.20. The van der Waals surface area contributed by atoms with E-state index in [1.54, 1.807) is 30.5 Å². The van der Waals surface area contributed by atoms with Crippen molar-refractivity contribution in [2.24, 2.45) is 0 Å². The number of hydrogen-bond acceptors (Lipinski definition) is 7. The van der Waals surface area contributed by atoms with Crippen molar-refractivity contribution < 1.29 is 23.9 Å². The molecule has 2 aromatic carbocycles. The molecule has 0 unspecified atom stereocenters. The summed E-state index contributed by atoms with van der Waals surface area (Å²) in [4.78, 5) is 57.5. The topological polar surface area (TPSA) is 156 Å². The van der Waals surface area contributed by atoms with Crippen LogP contribution < -0.4 is 26.0 Å². The van der Waals surface area contributed by atoms with E-state index in [2.05, 4.69) is 31.2 Å². The highest BCUT2D eigenvalue weighted by Crippen LogP contribution is 2.34. The van der Waals surface area contributed by atoms with E-state index in [-0.39, 0.29) is 61.6 Å². The van der Waals surface area contributed by atoms with Crippen molar-refractivity contribution >= 4 is 76.5 Å². The predicted octanol–water partition coefficient (Wildman–Crippen LogP) is 6.44. The number of allylic oxidation sites excluding steroid dienone is 1. The van der Waals surface area contributed by atoms with E-state index in [9.17, 15) is 19.2 Å². The molecule has 0 spiro atoms. The first kappa shape index (κ1) is 39.7. The number of nitrogens with one attached hydrogen (secondary N) is 4. The monoisotopic (exact) mass is 731 g/mol. The van der Waals surface area contributed by atoms with E-state index in [0.29, 0.717) is 46.1 Å². The zero-order valence-electron chi connectivity index (χ0n) is 28.5. The number of para-hydroxylation sites is 1. The van der Waals surface area contributed by atoms with Gasteiger partial charge in [-0.1, -0.05) is 30.3 Å². The molecule has 0 bridgehead atoms. The van der Waals surface area contributed by atoms with Crippen LogP contribution in [0, 0.1) is 6.92 Å². The molecule has 0 atom stereocenters. The molecule has 3 aromatic heterocycles. The number of carbonyl (C=O) groups excluding carboxylic acids is 4.